The second-order valence-electron chi connectivity index (χ2n) is 5.06. The van der Waals surface area contributed by atoms with Gasteiger partial charge in [0.25, 0.3) is 0 Å². The molecule has 1 unspecified atom stereocenters. The van der Waals surface area contributed by atoms with Gasteiger partial charge in [-0.15, -0.1) is 0 Å². The summed E-state index contributed by atoms with van der Waals surface area (Å²) in [6, 6.07) is 0. The van der Waals surface area contributed by atoms with Crippen LogP contribution in [0.25, 0.3) is 0 Å². The van der Waals surface area contributed by atoms with E-state index in [1.54, 1.807) is 0 Å². The molecule has 0 radical (unpaired) electrons. The topological polar surface area (TPSA) is 18.5 Å². The van der Waals surface area contributed by atoms with Crippen LogP contribution in [0.5, 0.6) is 0 Å². The van der Waals surface area contributed by atoms with E-state index in [9.17, 15) is 0 Å². The predicted molar refractivity (Wildman–Crippen MR) is 77.6 cm³/mol. The molecule has 17 heavy (non-hydrogen) atoms. The summed E-state index contributed by atoms with van der Waals surface area (Å²) in [7, 11) is 4.36. The van der Waals surface area contributed by atoms with Crippen LogP contribution < -0.4 is 5.32 Å². The summed E-state index contributed by atoms with van der Waals surface area (Å²) in [5.41, 5.74) is 0. The summed E-state index contributed by atoms with van der Waals surface area (Å²) in [5, 5.41) is 3.27. The second-order valence-corrected chi connectivity index (χ2v) is 5.06. The minimum atomic E-state index is 0.939. The molecule has 3 nitrogen and oxygen atoms in total. The van der Waals surface area contributed by atoms with Crippen molar-refractivity contribution in [1.82, 2.24) is 15.1 Å². The van der Waals surface area contributed by atoms with Crippen molar-refractivity contribution in [2.45, 2.75) is 33.6 Å². The number of nitrogens with zero attached hydrogens (tertiary/aromatic N) is 2. The van der Waals surface area contributed by atoms with Gasteiger partial charge in [-0.2, -0.15) is 0 Å². The monoisotopic (exact) mass is 243 g/mol. The van der Waals surface area contributed by atoms with Crippen molar-refractivity contribution in [3.05, 3.63) is 0 Å². The number of likely N-dealkylation sites (N-methyl/N-ethyl adjacent to an activating group) is 1. The Hall–Kier alpha value is -0.120. The highest BCUT2D eigenvalue weighted by atomic mass is 15.2. The van der Waals surface area contributed by atoms with Gasteiger partial charge >= 0.3 is 0 Å². The summed E-state index contributed by atoms with van der Waals surface area (Å²) in [6.07, 6.45) is 2.84. The molecule has 0 aliphatic carbocycles. The van der Waals surface area contributed by atoms with Crippen LogP contribution in [0.3, 0.4) is 0 Å². The third-order valence-corrected chi connectivity index (χ3v) is 3.20. The SMILES string of the molecule is CC.CC1CCCN(C)C1.CN1CCNCC1. The number of piperidine rings is 1. The molecule has 2 rings (SSSR count). The summed E-state index contributed by atoms with van der Waals surface area (Å²) in [5.74, 6) is 0.939. The Labute approximate surface area is 109 Å². The average Bonchev–Trinajstić information content (AvgIpc) is 2.33. The lowest BCUT2D eigenvalue weighted by Crippen LogP contribution is -2.40. The number of rotatable bonds is 0. The van der Waals surface area contributed by atoms with Crippen molar-refractivity contribution < 1.29 is 0 Å². The first-order chi connectivity index (χ1) is 8.18. The molecule has 2 saturated heterocycles. The van der Waals surface area contributed by atoms with E-state index in [1.165, 1.54) is 39.0 Å². The molecular formula is C14H33N3. The molecule has 0 bridgehead atoms. The zero-order valence-electron chi connectivity index (χ0n) is 12.6. The minimum Gasteiger partial charge on any atom is -0.314 e. The maximum Gasteiger partial charge on any atom is 0.0104 e. The van der Waals surface area contributed by atoms with E-state index in [-0.39, 0.29) is 0 Å². The number of nitrogens with one attached hydrogen (secondary N) is 1. The number of piperazine rings is 1. The largest absolute Gasteiger partial charge is 0.314 e. The van der Waals surface area contributed by atoms with E-state index in [0.717, 1.165) is 19.0 Å². The molecule has 0 amide bonds. The summed E-state index contributed by atoms with van der Waals surface area (Å²) < 4.78 is 0. The third kappa shape index (κ3) is 9.57. The first-order valence-electron chi connectivity index (χ1n) is 7.26. The zero-order valence-corrected chi connectivity index (χ0v) is 12.6. The first kappa shape index (κ1) is 16.9. The number of likely N-dealkylation sites (tertiary alicyclic amines) is 1. The van der Waals surface area contributed by atoms with Crippen LogP contribution in [0.1, 0.15) is 33.6 Å². The van der Waals surface area contributed by atoms with E-state index in [4.69, 9.17) is 0 Å². The van der Waals surface area contributed by atoms with Crippen LogP contribution in [-0.4, -0.2) is 63.2 Å². The van der Waals surface area contributed by atoms with Crippen LogP contribution >= 0.6 is 0 Å². The maximum absolute atomic E-state index is 3.27. The Bertz CT molecular complexity index is 148. The quantitative estimate of drug-likeness (QED) is 0.701. The summed E-state index contributed by atoms with van der Waals surface area (Å²) in [4.78, 5) is 4.74. The lowest BCUT2D eigenvalue weighted by atomic mass is 10.0. The molecule has 0 aromatic rings. The smallest absolute Gasteiger partial charge is 0.0104 e. The fourth-order valence-electron chi connectivity index (χ4n) is 2.20. The fraction of sp³-hybridized carbons (Fsp3) is 1.00. The Kier molecular flexibility index (Phi) is 10.9. The van der Waals surface area contributed by atoms with E-state index >= 15 is 0 Å². The number of hydrogen-bond acceptors (Lipinski definition) is 3. The van der Waals surface area contributed by atoms with Crippen molar-refractivity contribution in [2.24, 2.45) is 5.92 Å². The van der Waals surface area contributed by atoms with Gasteiger partial charge in [-0.3, -0.25) is 0 Å². The molecule has 1 atom stereocenters. The van der Waals surface area contributed by atoms with Gasteiger partial charge in [0.2, 0.25) is 0 Å². The van der Waals surface area contributed by atoms with Crippen molar-refractivity contribution >= 4 is 0 Å². The van der Waals surface area contributed by atoms with Gasteiger partial charge in [0, 0.05) is 32.7 Å². The molecule has 3 heteroatoms. The standard InChI is InChI=1S/C7H15N.C5H12N2.C2H6/c1-7-4-3-5-8(2)6-7;1-7-4-2-6-3-5-7;1-2/h7H,3-6H2,1-2H3;6H,2-5H2,1H3;1-2H3. The lowest BCUT2D eigenvalue weighted by Gasteiger charge is -2.26. The molecular weight excluding hydrogens is 210 g/mol. The van der Waals surface area contributed by atoms with Crippen molar-refractivity contribution in [3.63, 3.8) is 0 Å². The molecule has 2 heterocycles. The Morgan fingerprint density at radius 1 is 0.941 bits per heavy atom. The van der Waals surface area contributed by atoms with Crippen LogP contribution in [0, 0.1) is 5.92 Å². The molecule has 104 valence electrons. The highest BCUT2D eigenvalue weighted by molar-refractivity contribution is 4.65. The van der Waals surface area contributed by atoms with Crippen molar-refractivity contribution in [3.8, 4) is 0 Å². The lowest BCUT2D eigenvalue weighted by molar-refractivity contribution is 0.221. The highest BCUT2D eigenvalue weighted by Crippen LogP contribution is 2.12. The molecule has 0 aromatic heterocycles. The molecule has 0 spiro atoms. The Morgan fingerprint density at radius 3 is 1.82 bits per heavy atom. The van der Waals surface area contributed by atoms with Crippen LogP contribution in [0.2, 0.25) is 0 Å². The highest BCUT2D eigenvalue weighted by Gasteiger charge is 2.11. The number of hydrogen-bond donors (Lipinski definition) is 1. The van der Waals surface area contributed by atoms with E-state index < -0.39 is 0 Å². The van der Waals surface area contributed by atoms with Crippen molar-refractivity contribution in [1.29, 1.82) is 0 Å². The van der Waals surface area contributed by atoms with Crippen LogP contribution in [0.15, 0.2) is 0 Å². The van der Waals surface area contributed by atoms with Gasteiger partial charge < -0.3 is 15.1 Å². The van der Waals surface area contributed by atoms with E-state index in [1.807, 2.05) is 13.8 Å². The first-order valence-corrected chi connectivity index (χ1v) is 7.26. The third-order valence-electron chi connectivity index (χ3n) is 3.20. The molecule has 0 saturated carbocycles. The van der Waals surface area contributed by atoms with Crippen LogP contribution in [0.4, 0.5) is 0 Å². The van der Waals surface area contributed by atoms with Gasteiger partial charge in [-0.05, 0) is 39.4 Å². The molecule has 2 aliphatic rings. The van der Waals surface area contributed by atoms with Crippen LogP contribution in [-0.2, 0) is 0 Å². The normalized spacial score (nSPS) is 26.3. The Morgan fingerprint density at radius 2 is 1.53 bits per heavy atom. The average molecular weight is 243 g/mol. The van der Waals surface area contributed by atoms with Gasteiger partial charge in [-0.1, -0.05) is 20.8 Å². The van der Waals surface area contributed by atoms with Gasteiger partial charge in [0.05, 0.1) is 0 Å². The summed E-state index contributed by atoms with van der Waals surface area (Å²) >= 11 is 0. The molecule has 2 aliphatic heterocycles. The van der Waals surface area contributed by atoms with Crippen molar-refractivity contribution in [2.75, 3.05) is 53.4 Å². The predicted octanol–water partition coefficient (Wildman–Crippen LogP) is 1.90. The molecule has 1 N–H and O–H groups in total. The second kappa shape index (κ2) is 11.0. The van der Waals surface area contributed by atoms with Gasteiger partial charge in [-0.25, -0.2) is 0 Å². The summed E-state index contributed by atoms with van der Waals surface area (Å²) in [6.45, 7) is 13.7. The van der Waals surface area contributed by atoms with E-state index in [2.05, 4.69) is 36.1 Å². The molecule has 0 aromatic carbocycles. The Balaban J connectivity index is 0.000000265. The van der Waals surface area contributed by atoms with Gasteiger partial charge in [0.1, 0.15) is 0 Å². The zero-order chi connectivity index (χ0) is 13.1. The minimum absolute atomic E-state index is 0.939. The van der Waals surface area contributed by atoms with E-state index in [0.29, 0.717) is 0 Å². The maximum atomic E-state index is 3.27. The molecule has 2 fully saturated rings. The van der Waals surface area contributed by atoms with Gasteiger partial charge in [0.15, 0.2) is 0 Å². The fourth-order valence-corrected chi connectivity index (χ4v) is 2.20.